The molecule has 1 aromatic heterocycles. The van der Waals surface area contributed by atoms with Crippen molar-refractivity contribution in [3.05, 3.63) is 59.9 Å². The fraction of sp³-hybridized carbons (Fsp3) is 0.450. The Hall–Kier alpha value is -1.76. The quantitative estimate of drug-likeness (QED) is 0.592. The summed E-state index contributed by atoms with van der Waals surface area (Å²) in [6.45, 7) is 2.85. The Morgan fingerprint density at radius 2 is 1.85 bits per heavy atom. The first-order valence-corrected chi connectivity index (χ1v) is 10.5. The number of nitrogens with zero attached hydrogens (tertiary/aromatic N) is 1. The number of fused-ring (bicyclic) bond motifs is 2. The summed E-state index contributed by atoms with van der Waals surface area (Å²) >= 11 is 0. The van der Waals surface area contributed by atoms with Crippen LogP contribution in [-0.2, 0) is 23.1 Å². The molecule has 6 heteroatoms. The van der Waals surface area contributed by atoms with Crippen molar-refractivity contribution in [1.29, 1.82) is 0 Å². The Morgan fingerprint density at radius 3 is 2.54 bits per heavy atom. The largest absolute Gasteiger partial charge is 0.389 e. The Bertz CT molecular complexity index is 864. The predicted octanol–water partition coefficient (Wildman–Crippen LogP) is 2.69. The van der Waals surface area contributed by atoms with Crippen LogP contribution in [0.1, 0.15) is 36.9 Å². The number of pyridine rings is 1. The van der Waals surface area contributed by atoms with Crippen molar-refractivity contribution < 1.29 is 22.6 Å². The zero-order valence-corrected chi connectivity index (χ0v) is 15.8. The van der Waals surface area contributed by atoms with Crippen molar-refractivity contribution in [2.45, 2.75) is 56.1 Å². The molecule has 2 heterocycles. The zero-order valence-electron chi connectivity index (χ0n) is 15.0. The van der Waals surface area contributed by atoms with E-state index in [2.05, 4.69) is 29.0 Å². The molecular formula is C20H26NO4S+. The second kappa shape index (κ2) is 7.47. The minimum atomic E-state index is -4.02. The maximum atomic E-state index is 10.6. The van der Waals surface area contributed by atoms with Crippen molar-refractivity contribution in [2.75, 3.05) is 0 Å². The van der Waals surface area contributed by atoms with Crippen molar-refractivity contribution in [1.82, 2.24) is 0 Å². The van der Waals surface area contributed by atoms with Gasteiger partial charge in [-0.1, -0.05) is 36.6 Å². The number of aromatic nitrogens is 1. The SMILES string of the molecule is Cc1ccc(S(=O)(=O)O)cc1.OC12CCCCC1C[n+]1ccccc1C2. The summed E-state index contributed by atoms with van der Waals surface area (Å²) in [6.07, 6.45) is 7.65. The van der Waals surface area contributed by atoms with Gasteiger partial charge in [-0.25, -0.2) is 4.57 Å². The molecule has 1 fully saturated rings. The number of hydrogen-bond donors (Lipinski definition) is 2. The second-order valence-electron chi connectivity index (χ2n) is 7.36. The van der Waals surface area contributed by atoms with E-state index >= 15 is 0 Å². The molecule has 2 N–H and O–H groups in total. The molecule has 1 aromatic carbocycles. The maximum absolute atomic E-state index is 10.6. The van der Waals surface area contributed by atoms with Crippen molar-refractivity contribution >= 4 is 10.1 Å². The van der Waals surface area contributed by atoms with E-state index in [-0.39, 0.29) is 4.90 Å². The maximum Gasteiger partial charge on any atom is 0.294 e. The van der Waals surface area contributed by atoms with Gasteiger partial charge in [0.1, 0.15) is 0 Å². The van der Waals surface area contributed by atoms with Gasteiger partial charge < -0.3 is 5.11 Å². The predicted molar refractivity (Wildman–Crippen MR) is 98.2 cm³/mol. The summed E-state index contributed by atoms with van der Waals surface area (Å²) in [6, 6.07) is 12.3. The zero-order chi connectivity index (χ0) is 18.8. The van der Waals surface area contributed by atoms with Crippen LogP contribution in [0.25, 0.3) is 0 Å². The van der Waals surface area contributed by atoms with E-state index in [0.29, 0.717) is 5.92 Å². The van der Waals surface area contributed by atoms with Crippen LogP contribution in [0.3, 0.4) is 0 Å². The first-order valence-electron chi connectivity index (χ1n) is 9.02. The first-order chi connectivity index (χ1) is 12.3. The van der Waals surface area contributed by atoms with Gasteiger partial charge in [0, 0.05) is 18.1 Å². The summed E-state index contributed by atoms with van der Waals surface area (Å²) in [5.41, 5.74) is 1.84. The first kappa shape index (κ1) is 19.0. The number of aryl methyl sites for hydroxylation is 1. The number of hydrogen-bond acceptors (Lipinski definition) is 3. The summed E-state index contributed by atoms with van der Waals surface area (Å²) in [5, 5.41) is 10.6. The average Bonchev–Trinajstić information content (AvgIpc) is 2.59. The van der Waals surface area contributed by atoms with Crippen LogP contribution in [0.5, 0.6) is 0 Å². The summed E-state index contributed by atoms with van der Waals surface area (Å²) in [7, 11) is -4.02. The number of rotatable bonds is 1. The van der Waals surface area contributed by atoms with Gasteiger partial charge in [0.2, 0.25) is 0 Å². The monoisotopic (exact) mass is 376 g/mol. The lowest BCUT2D eigenvalue weighted by Crippen LogP contribution is -2.58. The minimum Gasteiger partial charge on any atom is -0.389 e. The standard InChI is InChI=1S/C13H18NO.C7H8O3S/c15-13-7-3-1-5-11(13)10-14-8-4-2-6-12(14)9-13;1-6-2-4-7(5-3-6)11(8,9)10/h2,4,6,8,11,15H,1,3,5,7,9-10H2;2-5H,1H3,(H,8,9,10)/q+1;. The van der Waals surface area contributed by atoms with E-state index < -0.39 is 15.7 Å². The molecule has 0 spiro atoms. The van der Waals surface area contributed by atoms with Crippen molar-refractivity contribution in [2.24, 2.45) is 5.92 Å². The lowest BCUT2D eigenvalue weighted by Gasteiger charge is -2.40. The van der Waals surface area contributed by atoms with E-state index in [1.54, 1.807) is 12.1 Å². The molecular weight excluding hydrogens is 350 g/mol. The third kappa shape index (κ3) is 4.31. The summed E-state index contributed by atoms with van der Waals surface area (Å²) in [5.74, 6) is 0.478. The van der Waals surface area contributed by atoms with Gasteiger partial charge in [-0.05, 0) is 31.9 Å². The molecule has 0 amide bonds. The van der Waals surface area contributed by atoms with Crippen LogP contribution in [0.2, 0.25) is 0 Å². The molecule has 0 saturated heterocycles. The van der Waals surface area contributed by atoms with Gasteiger partial charge in [-0.3, -0.25) is 4.55 Å². The van der Waals surface area contributed by atoms with E-state index in [4.69, 9.17) is 4.55 Å². The molecule has 2 aliphatic rings. The minimum absolute atomic E-state index is 0.0666. The molecule has 1 aliphatic heterocycles. The third-order valence-corrected chi connectivity index (χ3v) is 6.30. The molecule has 2 atom stereocenters. The van der Waals surface area contributed by atoms with E-state index in [1.807, 2.05) is 6.92 Å². The van der Waals surface area contributed by atoms with Crippen LogP contribution in [0, 0.1) is 12.8 Å². The lowest BCUT2D eigenvalue weighted by atomic mass is 9.71. The highest BCUT2D eigenvalue weighted by Gasteiger charge is 2.46. The smallest absolute Gasteiger partial charge is 0.294 e. The molecule has 4 rings (SSSR count). The van der Waals surface area contributed by atoms with E-state index in [0.717, 1.165) is 24.9 Å². The van der Waals surface area contributed by atoms with Crippen LogP contribution in [-0.4, -0.2) is 23.7 Å². The van der Waals surface area contributed by atoms with Crippen LogP contribution in [0.4, 0.5) is 0 Å². The average molecular weight is 376 g/mol. The van der Waals surface area contributed by atoms with Crippen LogP contribution >= 0.6 is 0 Å². The molecule has 140 valence electrons. The number of benzene rings is 1. The second-order valence-corrected chi connectivity index (χ2v) is 8.78. The molecule has 5 nitrogen and oxygen atoms in total. The normalized spacial score (nSPS) is 24.7. The fourth-order valence-corrected chi connectivity index (χ4v) is 4.38. The van der Waals surface area contributed by atoms with Gasteiger partial charge >= 0.3 is 0 Å². The van der Waals surface area contributed by atoms with Gasteiger partial charge in [-0.2, -0.15) is 8.42 Å². The lowest BCUT2D eigenvalue weighted by molar-refractivity contribution is -0.721. The molecule has 2 aromatic rings. The Morgan fingerprint density at radius 1 is 1.12 bits per heavy atom. The number of aliphatic hydroxyl groups is 1. The third-order valence-electron chi connectivity index (χ3n) is 5.43. The Kier molecular flexibility index (Phi) is 5.46. The molecule has 0 bridgehead atoms. The highest BCUT2D eigenvalue weighted by molar-refractivity contribution is 7.85. The molecule has 0 radical (unpaired) electrons. The van der Waals surface area contributed by atoms with Gasteiger partial charge in [0.25, 0.3) is 10.1 Å². The molecule has 2 unspecified atom stereocenters. The Labute approximate surface area is 155 Å². The Balaban J connectivity index is 0.000000160. The van der Waals surface area contributed by atoms with Gasteiger partial charge in [0.05, 0.1) is 16.9 Å². The topological polar surface area (TPSA) is 78.5 Å². The highest BCUT2D eigenvalue weighted by atomic mass is 32.2. The highest BCUT2D eigenvalue weighted by Crippen LogP contribution is 2.38. The van der Waals surface area contributed by atoms with E-state index in [9.17, 15) is 13.5 Å². The van der Waals surface area contributed by atoms with Gasteiger partial charge in [0.15, 0.2) is 18.4 Å². The molecule has 1 aliphatic carbocycles. The van der Waals surface area contributed by atoms with Gasteiger partial charge in [-0.15, -0.1) is 0 Å². The van der Waals surface area contributed by atoms with Crippen molar-refractivity contribution in [3.8, 4) is 0 Å². The van der Waals surface area contributed by atoms with E-state index in [1.165, 1.54) is 37.1 Å². The van der Waals surface area contributed by atoms with Crippen LogP contribution in [0.15, 0.2) is 53.6 Å². The fourth-order valence-electron chi connectivity index (χ4n) is 3.90. The molecule has 1 saturated carbocycles. The summed E-state index contributed by atoms with van der Waals surface area (Å²) in [4.78, 5) is -0.0666. The van der Waals surface area contributed by atoms with Crippen molar-refractivity contribution in [3.63, 3.8) is 0 Å². The van der Waals surface area contributed by atoms with Crippen LogP contribution < -0.4 is 4.57 Å². The summed E-state index contributed by atoms with van der Waals surface area (Å²) < 4.78 is 31.9. The molecule has 26 heavy (non-hydrogen) atoms.